The molecule has 0 fully saturated rings. The Labute approximate surface area is 199 Å². The number of halogens is 1. The molecule has 2 rings (SSSR count). The van der Waals surface area contributed by atoms with Crippen molar-refractivity contribution >= 4 is 32.4 Å². The van der Waals surface area contributed by atoms with Crippen LogP contribution in [-0.2, 0) is 0 Å². The van der Waals surface area contributed by atoms with Crippen molar-refractivity contribution < 1.29 is 9.53 Å². The lowest BCUT2D eigenvalue weighted by atomic mass is 10.1. The van der Waals surface area contributed by atoms with Gasteiger partial charge in [-0.25, -0.2) is 0 Å². The fourth-order valence-corrected chi connectivity index (χ4v) is 5.07. The van der Waals surface area contributed by atoms with E-state index in [2.05, 4.69) is 65.9 Å². The average molecular weight is 537 g/mol. The molecule has 0 saturated carbocycles. The van der Waals surface area contributed by atoms with Crippen LogP contribution in [0.15, 0.2) is 48.5 Å². The number of benzene rings is 2. The van der Waals surface area contributed by atoms with Crippen LogP contribution in [0, 0.1) is 3.57 Å². The molecule has 2 radical (unpaired) electrons. The summed E-state index contributed by atoms with van der Waals surface area (Å²) in [6.07, 6.45) is 14.0. The highest BCUT2D eigenvalue weighted by molar-refractivity contribution is 14.1. The van der Waals surface area contributed by atoms with E-state index in [1.54, 1.807) is 0 Å². The minimum absolute atomic E-state index is 0.234. The third-order valence-corrected chi connectivity index (χ3v) is 7.40. The highest BCUT2D eigenvalue weighted by atomic mass is 127. The summed E-state index contributed by atoms with van der Waals surface area (Å²) in [5, 5.41) is 10.2. The molecule has 2 aromatic rings. The van der Waals surface area contributed by atoms with E-state index in [9.17, 15) is 5.11 Å². The number of hydrogen-bond donors (Lipinski definition) is 1. The highest BCUT2D eigenvalue weighted by Crippen LogP contribution is 2.26. The number of hydrogen-bond acceptors (Lipinski definition) is 2. The van der Waals surface area contributed by atoms with Crippen molar-refractivity contribution in [1.82, 2.24) is 0 Å². The highest BCUT2D eigenvalue weighted by Gasteiger charge is 2.07. The molecule has 30 heavy (non-hydrogen) atoms. The van der Waals surface area contributed by atoms with Crippen LogP contribution in [0.25, 0.3) is 11.1 Å². The van der Waals surface area contributed by atoms with E-state index in [1.165, 1.54) is 72.5 Å². The zero-order chi connectivity index (χ0) is 21.4. The summed E-state index contributed by atoms with van der Waals surface area (Å²) in [5.74, 6) is 0.883. The smallest absolute Gasteiger partial charge is 0.313 e. The molecule has 164 valence electrons. The van der Waals surface area contributed by atoms with Gasteiger partial charge in [-0.2, -0.15) is 0 Å². The molecule has 0 amide bonds. The van der Waals surface area contributed by atoms with Crippen LogP contribution >= 0.6 is 22.6 Å². The van der Waals surface area contributed by atoms with E-state index in [-0.39, 0.29) is 6.10 Å². The fourth-order valence-electron chi connectivity index (χ4n) is 3.59. The predicted molar refractivity (Wildman–Crippen MR) is 138 cm³/mol. The van der Waals surface area contributed by atoms with Gasteiger partial charge in [0.25, 0.3) is 0 Å². The quantitative estimate of drug-likeness (QED) is 0.134. The van der Waals surface area contributed by atoms with Crippen LogP contribution in [0.3, 0.4) is 0 Å². The summed E-state index contributed by atoms with van der Waals surface area (Å²) in [5.41, 5.74) is 2.45. The first-order valence-corrected chi connectivity index (χ1v) is 13.8. The summed E-state index contributed by atoms with van der Waals surface area (Å²) in [6.45, 7) is 2.27. The number of aliphatic hydroxyl groups excluding tert-OH is 1. The largest absolute Gasteiger partial charge is 0.541 e. The second kappa shape index (κ2) is 15.9. The Hall–Kier alpha value is -0.853. The second-order valence-corrected chi connectivity index (χ2v) is 10.1. The molecule has 0 saturated heterocycles. The Kier molecular flexibility index (Phi) is 13.4. The third kappa shape index (κ3) is 10.4. The van der Waals surface area contributed by atoms with E-state index >= 15 is 0 Å². The summed E-state index contributed by atoms with van der Waals surface area (Å²) >= 11 is 2.37. The molecule has 0 heterocycles. The Balaban J connectivity index is 1.51. The second-order valence-electron chi connectivity index (χ2n) is 8.08. The van der Waals surface area contributed by atoms with E-state index < -0.39 is 0 Å². The lowest BCUT2D eigenvalue weighted by molar-refractivity contribution is 0.178. The third-order valence-electron chi connectivity index (χ3n) is 5.44. The molecule has 1 unspecified atom stereocenters. The molecule has 0 aliphatic carbocycles. The first-order valence-electron chi connectivity index (χ1n) is 11.6. The lowest BCUT2D eigenvalue weighted by Gasteiger charge is -2.11. The molecule has 0 aliphatic heterocycles. The molecule has 4 heteroatoms. The van der Waals surface area contributed by atoms with Crippen molar-refractivity contribution in [2.45, 2.75) is 89.7 Å². The van der Waals surface area contributed by atoms with E-state index in [0.717, 1.165) is 24.6 Å². The monoisotopic (exact) mass is 536 g/mol. The van der Waals surface area contributed by atoms with Crippen molar-refractivity contribution in [3.8, 4) is 16.9 Å². The van der Waals surface area contributed by atoms with Crippen molar-refractivity contribution in [2.75, 3.05) is 0 Å². The van der Waals surface area contributed by atoms with Crippen LogP contribution < -0.4 is 4.43 Å². The summed E-state index contributed by atoms with van der Waals surface area (Å²) < 4.78 is 7.11. The number of unbranched alkanes of at least 4 members (excludes halogenated alkanes) is 9. The van der Waals surface area contributed by atoms with E-state index in [1.807, 2.05) is 12.1 Å². The zero-order valence-electron chi connectivity index (χ0n) is 18.4. The van der Waals surface area contributed by atoms with Crippen molar-refractivity contribution in [1.29, 1.82) is 0 Å². The number of aliphatic hydroxyl groups is 1. The van der Waals surface area contributed by atoms with Crippen molar-refractivity contribution in [2.24, 2.45) is 0 Å². The van der Waals surface area contributed by atoms with Gasteiger partial charge >= 0.3 is 9.76 Å². The minimum atomic E-state index is -0.234. The van der Waals surface area contributed by atoms with Gasteiger partial charge in [0.2, 0.25) is 0 Å². The van der Waals surface area contributed by atoms with Gasteiger partial charge in [-0.3, -0.25) is 0 Å². The fraction of sp³-hybridized carbons (Fsp3) is 0.538. The molecule has 1 atom stereocenters. The molecular weight excluding hydrogens is 499 g/mol. The topological polar surface area (TPSA) is 29.5 Å². The molecule has 0 aliphatic rings. The van der Waals surface area contributed by atoms with Gasteiger partial charge in [-0.15, -0.1) is 0 Å². The standard InChI is InChI=1S/C26H37IO2Si/c1-2-3-4-5-6-7-8-9-10-11-14-23(28)21-30-29-24-19-17-22(18-20-24)25-15-12-13-16-26(25)27/h12-13,15-20,23,28H,2-11,14,21H2,1H3. The molecule has 1 N–H and O–H groups in total. The average Bonchev–Trinajstić information content (AvgIpc) is 2.76. The predicted octanol–water partition coefficient (Wildman–Crippen LogP) is 8.05. The van der Waals surface area contributed by atoms with Gasteiger partial charge in [0.1, 0.15) is 5.75 Å². The SMILES string of the molecule is CCCCCCCCCCCCC(O)C[Si]Oc1ccc(-c2ccccc2I)cc1. The lowest BCUT2D eigenvalue weighted by Crippen LogP contribution is -2.13. The van der Waals surface area contributed by atoms with Gasteiger partial charge in [0.05, 0.1) is 6.10 Å². The van der Waals surface area contributed by atoms with E-state index in [4.69, 9.17) is 4.43 Å². The normalized spacial score (nSPS) is 12.1. The first kappa shape index (κ1) is 25.4. The van der Waals surface area contributed by atoms with Crippen LogP contribution in [0.1, 0.15) is 77.6 Å². The Morgan fingerprint density at radius 1 is 0.833 bits per heavy atom. The number of rotatable bonds is 16. The maximum atomic E-state index is 10.2. The van der Waals surface area contributed by atoms with Gasteiger partial charge in [0, 0.05) is 9.61 Å². The summed E-state index contributed by atoms with van der Waals surface area (Å²) in [6, 6.07) is 17.4. The van der Waals surface area contributed by atoms with Crippen molar-refractivity contribution in [3.63, 3.8) is 0 Å². The maximum absolute atomic E-state index is 10.2. The van der Waals surface area contributed by atoms with Gasteiger partial charge in [-0.1, -0.05) is 101 Å². The zero-order valence-corrected chi connectivity index (χ0v) is 21.6. The van der Waals surface area contributed by atoms with Crippen LogP contribution in [-0.4, -0.2) is 21.0 Å². The molecular formula is C26H37IO2Si. The maximum Gasteiger partial charge on any atom is 0.313 e. The Bertz CT molecular complexity index is 690. The van der Waals surface area contributed by atoms with Gasteiger partial charge in [-0.05, 0) is 58.3 Å². The summed E-state index contributed by atoms with van der Waals surface area (Å²) in [7, 11) is 0.311. The molecule has 0 bridgehead atoms. The Morgan fingerprint density at radius 2 is 1.43 bits per heavy atom. The van der Waals surface area contributed by atoms with E-state index in [0.29, 0.717) is 9.76 Å². The minimum Gasteiger partial charge on any atom is -0.541 e. The van der Waals surface area contributed by atoms with Gasteiger partial charge < -0.3 is 9.53 Å². The summed E-state index contributed by atoms with van der Waals surface area (Å²) in [4.78, 5) is 0. The molecule has 0 aromatic heterocycles. The molecule has 0 spiro atoms. The first-order chi connectivity index (χ1) is 14.7. The Morgan fingerprint density at radius 3 is 2.07 bits per heavy atom. The molecule has 2 nitrogen and oxygen atoms in total. The van der Waals surface area contributed by atoms with Crippen LogP contribution in [0.4, 0.5) is 0 Å². The van der Waals surface area contributed by atoms with Crippen LogP contribution in [0.2, 0.25) is 6.04 Å². The van der Waals surface area contributed by atoms with Crippen LogP contribution in [0.5, 0.6) is 5.75 Å². The van der Waals surface area contributed by atoms with Crippen molar-refractivity contribution in [3.05, 3.63) is 52.1 Å². The van der Waals surface area contributed by atoms with Gasteiger partial charge in [0.15, 0.2) is 0 Å². The molecule has 2 aromatic carbocycles.